The Kier molecular flexibility index (Phi) is 7.12. The molecular formula is C17H25NO. The first-order valence-corrected chi connectivity index (χ1v) is 7.05. The van der Waals surface area contributed by atoms with Gasteiger partial charge in [-0.3, -0.25) is 4.79 Å². The zero-order valence-electron chi connectivity index (χ0n) is 12.3. The smallest absolute Gasteiger partial charge is 0.160 e. The van der Waals surface area contributed by atoms with Gasteiger partial charge in [0.25, 0.3) is 0 Å². The Bertz CT molecular complexity index is 395. The number of nitrogens with zero attached hydrogens (tertiary/aromatic N) is 1. The molecule has 1 rings (SSSR count). The Morgan fingerprint density at radius 2 is 1.95 bits per heavy atom. The van der Waals surface area contributed by atoms with Crippen LogP contribution >= 0.6 is 0 Å². The summed E-state index contributed by atoms with van der Waals surface area (Å²) in [5, 5.41) is 0. The van der Waals surface area contributed by atoms with Gasteiger partial charge in [-0.2, -0.15) is 0 Å². The number of benzene rings is 1. The molecule has 1 aromatic carbocycles. The first-order valence-electron chi connectivity index (χ1n) is 7.05. The lowest BCUT2D eigenvalue weighted by molar-refractivity contribution is -0.118. The van der Waals surface area contributed by atoms with E-state index in [-0.39, 0.29) is 11.7 Å². The summed E-state index contributed by atoms with van der Waals surface area (Å²) in [4.78, 5) is 14.3. The molecule has 0 fully saturated rings. The van der Waals surface area contributed by atoms with E-state index in [1.54, 1.807) is 6.08 Å². The van der Waals surface area contributed by atoms with Gasteiger partial charge < -0.3 is 4.90 Å². The summed E-state index contributed by atoms with van der Waals surface area (Å²) in [7, 11) is 4.04. The highest BCUT2D eigenvalue weighted by Crippen LogP contribution is 2.13. The average molecular weight is 259 g/mol. The number of hydrogen-bond donors (Lipinski definition) is 0. The first kappa shape index (κ1) is 15.6. The van der Waals surface area contributed by atoms with E-state index in [1.165, 1.54) is 0 Å². The minimum Gasteiger partial charge on any atom is -0.309 e. The SMILES string of the molecule is CCCCC(CN(C)C)C(=O)C=Cc1ccccc1. The molecule has 0 saturated heterocycles. The first-order chi connectivity index (χ1) is 9.13. The van der Waals surface area contributed by atoms with Crippen molar-refractivity contribution >= 4 is 11.9 Å². The third-order valence-electron chi connectivity index (χ3n) is 3.13. The fourth-order valence-corrected chi connectivity index (χ4v) is 2.09. The standard InChI is InChI=1S/C17H25NO/c1-4-5-11-16(14-18(2)3)17(19)13-12-15-9-7-6-8-10-15/h6-10,12-13,16H,4-5,11,14H2,1-3H3. The summed E-state index contributed by atoms with van der Waals surface area (Å²) in [6.45, 7) is 3.00. The number of ketones is 1. The quantitative estimate of drug-likeness (QED) is 0.664. The molecule has 0 aliphatic carbocycles. The summed E-state index contributed by atoms with van der Waals surface area (Å²) in [6.07, 6.45) is 6.88. The second kappa shape index (κ2) is 8.65. The predicted octanol–water partition coefficient (Wildman–Crippen LogP) is 3.64. The van der Waals surface area contributed by atoms with Crippen LogP contribution in [0.25, 0.3) is 6.08 Å². The Labute approximate surface area is 117 Å². The van der Waals surface area contributed by atoms with E-state index < -0.39 is 0 Å². The van der Waals surface area contributed by atoms with Gasteiger partial charge in [-0.1, -0.05) is 56.2 Å². The van der Waals surface area contributed by atoms with Crippen LogP contribution in [0.2, 0.25) is 0 Å². The van der Waals surface area contributed by atoms with Crippen molar-refractivity contribution in [2.24, 2.45) is 5.92 Å². The van der Waals surface area contributed by atoms with Gasteiger partial charge >= 0.3 is 0 Å². The van der Waals surface area contributed by atoms with Crippen LogP contribution in [-0.4, -0.2) is 31.3 Å². The summed E-state index contributed by atoms with van der Waals surface area (Å²) in [5.41, 5.74) is 1.08. The van der Waals surface area contributed by atoms with E-state index in [9.17, 15) is 4.79 Å². The fraction of sp³-hybridized carbons (Fsp3) is 0.471. The summed E-state index contributed by atoms with van der Waals surface area (Å²) < 4.78 is 0. The summed E-state index contributed by atoms with van der Waals surface area (Å²) in [6, 6.07) is 9.97. The number of rotatable bonds is 8. The van der Waals surface area contributed by atoms with Crippen LogP contribution in [0, 0.1) is 5.92 Å². The van der Waals surface area contributed by atoms with Gasteiger partial charge in [0, 0.05) is 12.5 Å². The van der Waals surface area contributed by atoms with Crippen LogP contribution in [0.15, 0.2) is 36.4 Å². The highest BCUT2D eigenvalue weighted by atomic mass is 16.1. The molecule has 0 N–H and O–H groups in total. The molecule has 0 heterocycles. The van der Waals surface area contributed by atoms with Crippen molar-refractivity contribution in [2.45, 2.75) is 26.2 Å². The minimum absolute atomic E-state index is 0.120. The molecule has 2 heteroatoms. The van der Waals surface area contributed by atoms with E-state index in [2.05, 4.69) is 11.8 Å². The van der Waals surface area contributed by atoms with E-state index in [0.717, 1.165) is 31.4 Å². The van der Waals surface area contributed by atoms with Crippen LogP contribution < -0.4 is 0 Å². The van der Waals surface area contributed by atoms with Crippen LogP contribution in [0.5, 0.6) is 0 Å². The maximum absolute atomic E-state index is 12.2. The number of hydrogen-bond acceptors (Lipinski definition) is 2. The Hall–Kier alpha value is -1.41. The Balaban J connectivity index is 2.62. The normalized spacial score (nSPS) is 13.1. The van der Waals surface area contributed by atoms with Crippen molar-refractivity contribution in [2.75, 3.05) is 20.6 Å². The van der Waals surface area contributed by atoms with Gasteiger partial charge in [0.2, 0.25) is 0 Å². The highest BCUT2D eigenvalue weighted by molar-refractivity contribution is 5.95. The molecular weight excluding hydrogens is 234 g/mol. The van der Waals surface area contributed by atoms with Crippen molar-refractivity contribution in [1.29, 1.82) is 0 Å². The molecule has 1 unspecified atom stereocenters. The lowest BCUT2D eigenvalue weighted by Crippen LogP contribution is -2.27. The Morgan fingerprint density at radius 3 is 2.53 bits per heavy atom. The molecule has 0 spiro atoms. The van der Waals surface area contributed by atoms with Gasteiger partial charge in [0.05, 0.1) is 0 Å². The molecule has 2 nitrogen and oxygen atoms in total. The molecule has 0 aliphatic heterocycles. The maximum atomic E-state index is 12.2. The zero-order chi connectivity index (χ0) is 14.1. The van der Waals surface area contributed by atoms with E-state index in [1.807, 2.05) is 50.5 Å². The van der Waals surface area contributed by atoms with Crippen molar-refractivity contribution in [3.05, 3.63) is 42.0 Å². The van der Waals surface area contributed by atoms with Crippen molar-refractivity contribution in [1.82, 2.24) is 4.90 Å². The summed E-state index contributed by atoms with van der Waals surface area (Å²) in [5.74, 6) is 0.362. The second-order valence-corrected chi connectivity index (χ2v) is 5.25. The predicted molar refractivity (Wildman–Crippen MR) is 82.1 cm³/mol. The van der Waals surface area contributed by atoms with Crippen molar-refractivity contribution in [3.8, 4) is 0 Å². The van der Waals surface area contributed by atoms with E-state index in [4.69, 9.17) is 0 Å². The van der Waals surface area contributed by atoms with Crippen LogP contribution in [0.4, 0.5) is 0 Å². The molecule has 104 valence electrons. The zero-order valence-corrected chi connectivity index (χ0v) is 12.3. The lowest BCUT2D eigenvalue weighted by Gasteiger charge is -2.18. The topological polar surface area (TPSA) is 20.3 Å². The average Bonchev–Trinajstić information content (AvgIpc) is 2.41. The van der Waals surface area contributed by atoms with Gasteiger partial charge in [0.15, 0.2) is 5.78 Å². The van der Waals surface area contributed by atoms with Crippen LogP contribution in [-0.2, 0) is 4.79 Å². The van der Waals surface area contributed by atoms with Crippen molar-refractivity contribution in [3.63, 3.8) is 0 Å². The molecule has 0 bridgehead atoms. The molecule has 0 radical (unpaired) electrons. The molecule has 0 aromatic heterocycles. The summed E-state index contributed by atoms with van der Waals surface area (Å²) >= 11 is 0. The minimum atomic E-state index is 0.120. The third kappa shape index (κ3) is 6.35. The van der Waals surface area contributed by atoms with Crippen LogP contribution in [0.1, 0.15) is 31.7 Å². The van der Waals surface area contributed by atoms with Crippen molar-refractivity contribution < 1.29 is 4.79 Å². The largest absolute Gasteiger partial charge is 0.309 e. The van der Waals surface area contributed by atoms with Crippen LogP contribution in [0.3, 0.4) is 0 Å². The van der Waals surface area contributed by atoms with Gasteiger partial charge in [-0.15, -0.1) is 0 Å². The van der Waals surface area contributed by atoms with E-state index in [0.29, 0.717) is 0 Å². The maximum Gasteiger partial charge on any atom is 0.160 e. The number of allylic oxidation sites excluding steroid dienone is 1. The molecule has 0 amide bonds. The third-order valence-corrected chi connectivity index (χ3v) is 3.13. The van der Waals surface area contributed by atoms with Gasteiger partial charge in [-0.25, -0.2) is 0 Å². The lowest BCUT2D eigenvalue weighted by atomic mass is 9.96. The molecule has 19 heavy (non-hydrogen) atoms. The fourth-order valence-electron chi connectivity index (χ4n) is 2.09. The Morgan fingerprint density at radius 1 is 1.26 bits per heavy atom. The van der Waals surface area contributed by atoms with Gasteiger partial charge in [0.1, 0.15) is 0 Å². The molecule has 0 aliphatic rings. The van der Waals surface area contributed by atoms with Gasteiger partial charge in [-0.05, 0) is 32.2 Å². The number of unbranched alkanes of at least 4 members (excludes halogenated alkanes) is 1. The molecule has 1 aromatic rings. The monoisotopic (exact) mass is 259 g/mol. The molecule has 0 saturated carbocycles. The highest BCUT2D eigenvalue weighted by Gasteiger charge is 2.16. The number of carbonyl (C=O) groups excluding carboxylic acids is 1. The number of carbonyl (C=O) groups is 1. The molecule has 1 atom stereocenters. The second-order valence-electron chi connectivity index (χ2n) is 5.25. The van der Waals surface area contributed by atoms with E-state index >= 15 is 0 Å².